The second-order valence-corrected chi connectivity index (χ2v) is 6.21. The van der Waals surface area contributed by atoms with E-state index in [1.165, 1.54) is 12.1 Å². The Morgan fingerprint density at radius 1 is 0.870 bits per heavy atom. The van der Waals surface area contributed by atoms with Gasteiger partial charge in [-0.1, -0.05) is 47.5 Å². The van der Waals surface area contributed by atoms with E-state index in [-0.39, 0.29) is 5.82 Å². The highest BCUT2D eigenvalue weighted by Crippen LogP contribution is 2.46. The Bertz CT molecular complexity index is 904. The first kappa shape index (κ1) is 14.6. The first-order valence-electron chi connectivity index (χ1n) is 7.13. The summed E-state index contributed by atoms with van der Waals surface area (Å²) in [7, 11) is 0. The van der Waals surface area contributed by atoms with Crippen LogP contribution in [-0.2, 0) is 6.61 Å². The first-order valence-corrected chi connectivity index (χ1v) is 7.89. The lowest BCUT2D eigenvalue weighted by molar-refractivity contribution is 0.302. The van der Waals surface area contributed by atoms with E-state index in [0.717, 1.165) is 33.6 Å². The molecule has 0 saturated carbocycles. The molecule has 1 aliphatic rings. The van der Waals surface area contributed by atoms with E-state index in [1.807, 2.05) is 24.3 Å². The van der Waals surface area contributed by atoms with Crippen LogP contribution < -0.4 is 4.74 Å². The Morgan fingerprint density at radius 3 is 2.43 bits per heavy atom. The number of halogens is 3. The molecule has 0 amide bonds. The molecule has 1 heterocycles. The summed E-state index contributed by atoms with van der Waals surface area (Å²) < 4.78 is 18.9. The van der Waals surface area contributed by atoms with Crippen molar-refractivity contribution in [2.45, 2.75) is 6.61 Å². The Kier molecular flexibility index (Phi) is 3.51. The highest BCUT2D eigenvalue weighted by Gasteiger charge is 2.22. The maximum atomic E-state index is 13.2. The molecule has 3 aromatic rings. The van der Waals surface area contributed by atoms with E-state index in [9.17, 15) is 4.39 Å². The molecule has 4 heteroatoms. The van der Waals surface area contributed by atoms with E-state index < -0.39 is 0 Å². The molecular formula is C19H11Cl2FO. The predicted octanol–water partition coefficient (Wildman–Crippen LogP) is 6.36. The van der Waals surface area contributed by atoms with Gasteiger partial charge in [-0.25, -0.2) is 4.39 Å². The molecule has 0 spiro atoms. The van der Waals surface area contributed by atoms with Gasteiger partial charge < -0.3 is 4.74 Å². The zero-order valence-electron chi connectivity index (χ0n) is 11.9. The Balaban J connectivity index is 1.94. The fraction of sp³-hybridized carbons (Fsp3) is 0.0526. The average molecular weight is 345 g/mol. The van der Waals surface area contributed by atoms with Gasteiger partial charge >= 0.3 is 0 Å². The molecule has 23 heavy (non-hydrogen) atoms. The maximum Gasteiger partial charge on any atom is 0.127 e. The number of benzene rings is 3. The molecule has 0 unspecified atom stereocenters. The van der Waals surface area contributed by atoms with Crippen LogP contribution in [0.1, 0.15) is 5.56 Å². The van der Waals surface area contributed by atoms with Gasteiger partial charge in [0.15, 0.2) is 0 Å². The molecule has 0 atom stereocenters. The fourth-order valence-electron chi connectivity index (χ4n) is 2.86. The van der Waals surface area contributed by atoms with Gasteiger partial charge in [-0.2, -0.15) is 0 Å². The smallest absolute Gasteiger partial charge is 0.127 e. The van der Waals surface area contributed by atoms with Gasteiger partial charge in [0.2, 0.25) is 0 Å². The van der Waals surface area contributed by atoms with Crippen molar-refractivity contribution in [3.63, 3.8) is 0 Å². The molecule has 4 rings (SSSR count). The predicted molar refractivity (Wildman–Crippen MR) is 91.6 cm³/mol. The van der Waals surface area contributed by atoms with E-state index in [4.69, 9.17) is 27.9 Å². The molecule has 0 radical (unpaired) electrons. The van der Waals surface area contributed by atoms with E-state index >= 15 is 0 Å². The van der Waals surface area contributed by atoms with E-state index in [0.29, 0.717) is 16.7 Å². The molecule has 0 bridgehead atoms. The molecule has 1 nitrogen and oxygen atoms in total. The van der Waals surface area contributed by atoms with Crippen LogP contribution in [-0.4, -0.2) is 0 Å². The number of rotatable bonds is 1. The third-order valence-electron chi connectivity index (χ3n) is 3.98. The number of hydrogen-bond acceptors (Lipinski definition) is 1. The molecular weight excluding hydrogens is 334 g/mol. The summed E-state index contributed by atoms with van der Waals surface area (Å²) in [6.07, 6.45) is 0. The monoisotopic (exact) mass is 344 g/mol. The lowest BCUT2D eigenvalue weighted by Crippen LogP contribution is -2.06. The van der Waals surface area contributed by atoms with Gasteiger partial charge in [0.1, 0.15) is 18.2 Å². The highest BCUT2D eigenvalue weighted by molar-refractivity contribution is 6.36. The van der Waals surface area contributed by atoms with E-state index in [1.54, 1.807) is 18.2 Å². The van der Waals surface area contributed by atoms with Crippen LogP contribution in [0, 0.1) is 5.82 Å². The van der Waals surface area contributed by atoms with Crippen LogP contribution in [0.15, 0.2) is 54.6 Å². The molecule has 1 aliphatic heterocycles. The molecule has 0 aliphatic carbocycles. The Labute approximate surface area is 143 Å². The third kappa shape index (κ3) is 2.48. The number of hydrogen-bond donors (Lipinski definition) is 0. The zero-order chi connectivity index (χ0) is 16.0. The topological polar surface area (TPSA) is 9.23 Å². The van der Waals surface area contributed by atoms with Crippen molar-refractivity contribution in [3.05, 3.63) is 76.0 Å². The van der Waals surface area contributed by atoms with Crippen molar-refractivity contribution in [2.24, 2.45) is 0 Å². The average Bonchev–Trinajstić information content (AvgIpc) is 2.56. The first-order chi connectivity index (χ1) is 11.1. The van der Waals surface area contributed by atoms with Crippen LogP contribution in [0.2, 0.25) is 10.0 Å². The van der Waals surface area contributed by atoms with Gasteiger partial charge in [0.25, 0.3) is 0 Å². The largest absolute Gasteiger partial charge is 0.488 e. The summed E-state index contributed by atoms with van der Waals surface area (Å²) in [5.74, 6) is 0.494. The molecule has 0 fully saturated rings. The van der Waals surface area contributed by atoms with Crippen molar-refractivity contribution < 1.29 is 9.13 Å². The van der Waals surface area contributed by atoms with Gasteiger partial charge in [-0.15, -0.1) is 0 Å². The van der Waals surface area contributed by atoms with Gasteiger partial charge in [0.05, 0.1) is 5.02 Å². The minimum absolute atomic E-state index is 0.270. The summed E-state index contributed by atoms with van der Waals surface area (Å²) in [5, 5.41) is 1.25. The summed E-state index contributed by atoms with van der Waals surface area (Å²) in [5.41, 5.74) is 4.55. The summed E-state index contributed by atoms with van der Waals surface area (Å²) in [6.45, 7) is 0.466. The highest BCUT2D eigenvalue weighted by atomic mass is 35.5. The number of fused-ring (bicyclic) bond motifs is 3. The second-order valence-electron chi connectivity index (χ2n) is 5.40. The van der Waals surface area contributed by atoms with Gasteiger partial charge in [-0.05, 0) is 41.5 Å². The van der Waals surface area contributed by atoms with Crippen LogP contribution >= 0.6 is 23.2 Å². The molecule has 0 aromatic heterocycles. The minimum atomic E-state index is -0.270. The van der Waals surface area contributed by atoms with Crippen molar-refractivity contribution >= 4 is 23.2 Å². The van der Waals surface area contributed by atoms with Gasteiger partial charge in [0, 0.05) is 21.7 Å². The van der Waals surface area contributed by atoms with Crippen molar-refractivity contribution in [2.75, 3.05) is 0 Å². The second kappa shape index (κ2) is 5.55. The molecule has 3 aromatic carbocycles. The minimum Gasteiger partial charge on any atom is -0.488 e. The lowest BCUT2D eigenvalue weighted by atomic mass is 9.92. The van der Waals surface area contributed by atoms with Crippen LogP contribution in [0.4, 0.5) is 4.39 Å². The molecule has 0 saturated heterocycles. The van der Waals surface area contributed by atoms with Crippen LogP contribution in [0.5, 0.6) is 5.75 Å². The lowest BCUT2D eigenvalue weighted by Gasteiger charge is -2.23. The third-order valence-corrected chi connectivity index (χ3v) is 4.61. The fourth-order valence-corrected chi connectivity index (χ4v) is 3.43. The van der Waals surface area contributed by atoms with Crippen molar-refractivity contribution in [1.29, 1.82) is 0 Å². The zero-order valence-corrected chi connectivity index (χ0v) is 13.5. The normalized spacial score (nSPS) is 12.3. The Hall–Kier alpha value is -2.03. The summed E-state index contributed by atoms with van der Waals surface area (Å²) in [4.78, 5) is 0. The quantitative estimate of drug-likeness (QED) is 0.499. The van der Waals surface area contributed by atoms with Gasteiger partial charge in [-0.3, -0.25) is 0 Å². The standard InChI is InChI=1S/C19H11Cl2FO/c20-13-4-8-17-16(9-13)18-12(10-23-17)3-7-15(19(18)21)11-1-5-14(22)6-2-11/h1-9H,10H2. The number of ether oxygens (including phenoxy) is 1. The SMILES string of the molecule is Fc1ccc(-c2ccc3c(c2Cl)-c2cc(Cl)ccc2OC3)cc1. The molecule has 114 valence electrons. The van der Waals surface area contributed by atoms with Crippen molar-refractivity contribution in [1.82, 2.24) is 0 Å². The van der Waals surface area contributed by atoms with Crippen LogP contribution in [0.3, 0.4) is 0 Å². The summed E-state index contributed by atoms with van der Waals surface area (Å²) >= 11 is 12.8. The molecule has 0 N–H and O–H groups in total. The Morgan fingerprint density at radius 2 is 1.65 bits per heavy atom. The maximum absolute atomic E-state index is 13.2. The van der Waals surface area contributed by atoms with Crippen molar-refractivity contribution in [3.8, 4) is 28.0 Å². The summed E-state index contributed by atoms with van der Waals surface area (Å²) in [6, 6.07) is 15.7. The van der Waals surface area contributed by atoms with E-state index in [2.05, 4.69) is 0 Å². The van der Waals surface area contributed by atoms with Crippen LogP contribution in [0.25, 0.3) is 22.3 Å².